The van der Waals surface area contributed by atoms with Crippen molar-refractivity contribution in [3.63, 3.8) is 0 Å². The lowest BCUT2D eigenvalue weighted by molar-refractivity contribution is -0.118. The maximum absolute atomic E-state index is 12.5. The molecule has 0 saturated carbocycles. The topological polar surface area (TPSA) is 115 Å². The molecule has 2 aromatic carbocycles. The molecule has 1 atom stereocenters. The Balaban J connectivity index is 1.49. The predicted octanol–water partition coefficient (Wildman–Crippen LogP) is 2.95. The Kier molecular flexibility index (Phi) is 5.28. The summed E-state index contributed by atoms with van der Waals surface area (Å²) < 4.78 is 10.8. The van der Waals surface area contributed by atoms with Gasteiger partial charge in [-0.05, 0) is 36.2 Å². The Labute approximate surface area is 174 Å². The molecule has 3 amide bonds. The minimum Gasteiger partial charge on any atom is -0.496 e. The van der Waals surface area contributed by atoms with E-state index < -0.39 is 11.2 Å². The molecule has 0 radical (unpaired) electrons. The number of imide groups is 1. The first-order chi connectivity index (χ1) is 14.4. The molecular weight excluding hydrogens is 408 g/mol. The van der Waals surface area contributed by atoms with Crippen molar-refractivity contribution in [2.75, 3.05) is 12.4 Å². The highest BCUT2D eigenvalue weighted by atomic mass is 32.2. The van der Waals surface area contributed by atoms with Crippen molar-refractivity contribution in [1.29, 1.82) is 0 Å². The molecule has 0 aliphatic carbocycles. The number of thioether (sulfide) groups is 1. The second-order valence-corrected chi connectivity index (χ2v) is 7.72. The van der Waals surface area contributed by atoms with Gasteiger partial charge < -0.3 is 14.5 Å². The van der Waals surface area contributed by atoms with Gasteiger partial charge in [0.15, 0.2) is 11.2 Å². The largest absolute Gasteiger partial charge is 0.496 e. The highest BCUT2D eigenvalue weighted by molar-refractivity contribution is 8.15. The Morgan fingerprint density at radius 3 is 2.60 bits per heavy atom. The molecule has 30 heavy (non-hydrogen) atoms. The Morgan fingerprint density at radius 1 is 1.17 bits per heavy atom. The second-order valence-electron chi connectivity index (χ2n) is 6.55. The third-order valence-electron chi connectivity index (χ3n) is 4.56. The van der Waals surface area contributed by atoms with E-state index in [0.29, 0.717) is 17.9 Å². The quantitative estimate of drug-likeness (QED) is 0.647. The standard InChI is InChI=1S/C21H16N2O6S/c1-28-14-3-2-4-15-18(14)13(24)10-16(29-15)19(25)22-12-7-5-11(6-8-12)9-17-20(26)23-21(27)30-17/h2-8,10,17H,9H2,1H3,(H,22,25)(H,23,26,27). The lowest BCUT2D eigenvalue weighted by Crippen LogP contribution is -2.25. The van der Waals surface area contributed by atoms with Crippen LogP contribution in [0.5, 0.6) is 5.75 Å². The average molecular weight is 424 g/mol. The van der Waals surface area contributed by atoms with Gasteiger partial charge in [0.2, 0.25) is 5.91 Å². The molecule has 9 heteroatoms. The van der Waals surface area contributed by atoms with Crippen molar-refractivity contribution < 1.29 is 23.5 Å². The zero-order chi connectivity index (χ0) is 21.3. The molecule has 1 fully saturated rings. The minimum absolute atomic E-state index is 0.123. The van der Waals surface area contributed by atoms with E-state index in [2.05, 4.69) is 10.6 Å². The van der Waals surface area contributed by atoms with Crippen molar-refractivity contribution in [2.45, 2.75) is 11.7 Å². The number of hydrogen-bond donors (Lipinski definition) is 2. The fourth-order valence-corrected chi connectivity index (χ4v) is 3.98. The van der Waals surface area contributed by atoms with Crippen LogP contribution in [0, 0.1) is 0 Å². The van der Waals surface area contributed by atoms with Gasteiger partial charge in [-0.3, -0.25) is 24.5 Å². The number of nitrogens with one attached hydrogen (secondary N) is 2. The smallest absolute Gasteiger partial charge is 0.291 e. The van der Waals surface area contributed by atoms with Crippen LogP contribution >= 0.6 is 11.8 Å². The molecule has 152 valence electrons. The molecule has 1 saturated heterocycles. The van der Waals surface area contributed by atoms with Gasteiger partial charge in [-0.1, -0.05) is 30.0 Å². The molecule has 8 nitrogen and oxygen atoms in total. The SMILES string of the molecule is COc1cccc2oc(C(=O)Nc3ccc(CC4SC(=O)NC4=O)cc3)cc(=O)c12. The highest BCUT2D eigenvalue weighted by Gasteiger charge is 2.31. The van der Waals surface area contributed by atoms with Crippen LogP contribution in [0.2, 0.25) is 0 Å². The molecule has 1 unspecified atom stereocenters. The second kappa shape index (κ2) is 8.03. The van der Waals surface area contributed by atoms with Gasteiger partial charge in [0.25, 0.3) is 11.1 Å². The first-order valence-electron chi connectivity index (χ1n) is 8.97. The lowest BCUT2D eigenvalue weighted by atomic mass is 10.1. The third-order valence-corrected chi connectivity index (χ3v) is 5.54. The van der Waals surface area contributed by atoms with E-state index in [9.17, 15) is 19.2 Å². The van der Waals surface area contributed by atoms with E-state index >= 15 is 0 Å². The van der Waals surface area contributed by atoms with Crippen LogP contribution in [0.3, 0.4) is 0 Å². The van der Waals surface area contributed by atoms with Gasteiger partial charge in [0, 0.05) is 11.8 Å². The van der Waals surface area contributed by atoms with Crippen LogP contribution in [0.15, 0.2) is 57.7 Å². The summed E-state index contributed by atoms with van der Waals surface area (Å²) in [5.74, 6) is -0.617. The number of carbonyl (C=O) groups excluding carboxylic acids is 3. The summed E-state index contributed by atoms with van der Waals surface area (Å²) in [7, 11) is 1.45. The molecule has 0 spiro atoms. The highest BCUT2D eigenvalue weighted by Crippen LogP contribution is 2.25. The van der Waals surface area contributed by atoms with Crippen LogP contribution in [0.4, 0.5) is 10.5 Å². The maximum atomic E-state index is 12.5. The summed E-state index contributed by atoms with van der Waals surface area (Å²) in [6, 6.07) is 12.9. The summed E-state index contributed by atoms with van der Waals surface area (Å²) in [5, 5.41) is 4.40. The number of hydrogen-bond acceptors (Lipinski definition) is 7. The summed E-state index contributed by atoms with van der Waals surface area (Å²) in [4.78, 5) is 47.9. The van der Waals surface area contributed by atoms with Crippen LogP contribution in [0.1, 0.15) is 16.1 Å². The molecule has 3 aromatic rings. The number of amides is 3. The zero-order valence-electron chi connectivity index (χ0n) is 15.8. The van der Waals surface area contributed by atoms with E-state index in [0.717, 1.165) is 23.4 Å². The van der Waals surface area contributed by atoms with Gasteiger partial charge in [0.05, 0.1) is 12.4 Å². The Hall–Kier alpha value is -3.59. The zero-order valence-corrected chi connectivity index (χ0v) is 16.6. The van der Waals surface area contributed by atoms with Gasteiger partial charge >= 0.3 is 0 Å². The Morgan fingerprint density at radius 2 is 1.93 bits per heavy atom. The summed E-state index contributed by atoms with van der Waals surface area (Å²) in [6.45, 7) is 0. The molecule has 1 aliphatic heterocycles. The van der Waals surface area contributed by atoms with Gasteiger partial charge in [-0.25, -0.2) is 0 Å². The fraction of sp³-hybridized carbons (Fsp3) is 0.143. The number of methoxy groups -OCH3 is 1. The molecular formula is C21H16N2O6S. The Bertz CT molecular complexity index is 1220. The fourth-order valence-electron chi connectivity index (χ4n) is 3.12. The van der Waals surface area contributed by atoms with Crippen LogP contribution in [-0.2, 0) is 11.2 Å². The van der Waals surface area contributed by atoms with Crippen molar-refractivity contribution in [1.82, 2.24) is 5.32 Å². The van der Waals surface area contributed by atoms with E-state index in [1.807, 2.05) is 0 Å². The van der Waals surface area contributed by atoms with Crippen LogP contribution in [0.25, 0.3) is 11.0 Å². The van der Waals surface area contributed by atoms with Crippen molar-refractivity contribution in [3.05, 3.63) is 70.1 Å². The van der Waals surface area contributed by atoms with E-state index in [1.165, 1.54) is 7.11 Å². The molecule has 1 aromatic heterocycles. The van der Waals surface area contributed by atoms with Gasteiger partial charge in [-0.15, -0.1) is 0 Å². The maximum Gasteiger partial charge on any atom is 0.291 e. The van der Waals surface area contributed by atoms with E-state index in [4.69, 9.17) is 9.15 Å². The third kappa shape index (κ3) is 3.92. The average Bonchev–Trinajstić information content (AvgIpc) is 3.05. The number of benzene rings is 2. The predicted molar refractivity (Wildman–Crippen MR) is 112 cm³/mol. The number of rotatable bonds is 5. The first kappa shape index (κ1) is 19.7. The lowest BCUT2D eigenvalue weighted by Gasteiger charge is -2.09. The van der Waals surface area contributed by atoms with E-state index in [-0.39, 0.29) is 33.3 Å². The van der Waals surface area contributed by atoms with Crippen molar-refractivity contribution >= 4 is 45.5 Å². The molecule has 4 rings (SSSR count). The van der Waals surface area contributed by atoms with Gasteiger partial charge in [-0.2, -0.15) is 0 Å². The number of carbonyl (C=O) groups is 3. The molecule has 2 N–H and O–H groups in total. The molecule has 2 heterocycles. The number of fused-ring (bicyclic) bond motifs is 1. The van der Waals surface area contributed by atoms with Gasteiger partial charge in [0.1, 0.15) is 16.7 Å². The first-order valence-corrected chi connectivity index (χ1v) is 9.85. The van der Waals surface area contributed by atoms with Crippen molar-refractivity contribution in [3.8, 4) is 5.75 Å². The van der Waals surface area contributed by atoms with E-state index in [1.54, 1.807) is 42.5 Å². The summed E-state index contributed by atoms with van der Waals surface area (Å²) in [6.07, 6.45) is 0.401. The molecule has 1 aliphatic rings. The summed E-state index contributed by atoms with van der Waals surface area (Å²) >= 11 is 0.965. The van der Waals surface area contributed by atoms with Crippen molar-refractivity contribution in [2.24, 2.45) is 0 Å². The monoisotopic (exact) mass is 424 g/mol. The summed E-state index contributed by atoms with van der Waals surface area (Å²) in [5.41, 5.74) is 1.22. The number of anilines is 1. The van der Waals surface area contributed by atoms with Crippen LogP contribution in [-0.4, -0.2) is 29.4 Å². The minimum atomic E-state index is -0.569. The number of ether oxygens (including phenoxy) is 1. The normalized spacial score (nSPS) is 15.8. The van der Waals surface area contributed by atoms with Crippen LogP contribution < -0.4 is 20.8 Å². The molecule has 0 bridgehead atoms.